The number of carboxylic acids is 2. The van der Waals surface area contributed by atoms with Gasteiger partial charge in [-0.25, -0.2) is 9.59 Å². The van der Waals surface area contributed by atoms with E-state index in [9.17, 15) is 9.59 Å². The zero-order chi connectivity index (χ0) is 11.1. The van der Waals surface area contributed by atoms with E-state index in [1.54, 1.807) is 0 Å². The minimum atomic E-state index is -0.975. The predicted molar refractivity (Wildman–Crippen MR) is 58.0 cm³/mol. The first kappa shape index (κ1) is 13.1. The lowest BCUT2D eigenvalue weighted by atomic mass is 10.4. The van der Waals surface area contributed by atoms with E-state index in [0.717, 1.165) is 0 Å². The summed E-state index contributed by atoms with van der Waals surface area (Å²) in [6, 6.07) is 0. The molecule has 4 nitrogen and oxygen atoms in total. The van der Waals surface area contributed by atoms with Crippen molar-refractivity contribution in [1.82, 2.24) is 0 Å². The molecule has 0 heterocycles. The molecule has 0 unspecified atom stereocenters. The molecule has 0 amide bonds. The van der Waals surface area contributed by atoms with Gasteiger partial charge in [0.15, 0.2) is 0 Å². The van der Waals surface area contributed by atoms with Crippen molar-refractivity contribution >= 4 is 33.5 Å². The van der Waals surface area contributed by atoms with Crippen LogP contribution in [0.25, 0.3) is 0 Å². The molecule has 0 aromatic rings. The largest absolute Gasteiger partial charge is 0.478 e. The number of carboxylic acid groups (broad SMARTS) is 2. The topological polar surface area (TPSA) is 74.6 Å². The van der Waals surface area contributed by atoms with E-state index in [4.69, 9.17) is 10.2 Å². The molecule has 0 aromatic carbocycles. The van der Waals surface area contributed by atoms with Crippen LogP contribution in [0.2, 0.25) is 0 Å². The maximum atomic E-state index is 10.3. The molecule has 2 N–H and O–H groups in total. The second-order valence-electron chi connectivity index (χ2n) is 2.40. The molecule has 0 atom stereocenters. The number of hydrogen-bond donors (Lipinski definition) is 2. The first-order valence-corrected chi connectivity index (χ1v) is 5.85. The fourth-order valence-electron chi connectivity index (χ4n) is 0.301. The van der Waals surface area contributed by atoms with Crippen LogP contribution in [-0.2, 0) is 9.59 Å². The Kier molecular flexibility index (Phi) is 6.14. The van der Waals surface area contributed by atoms with Crippen LogP contribution in [-0.4, -0.2) is 22.2 Å². The average Bonchev–Trinajstić information content (AvgIpc) is 2.11. The average molecular weight is 234 g/mol. The zero-order valence-corrected chi connectivity index (χ0v) is 9.32. The lowest BCUT2D eigenvalue weighted by Gasteiger charge is -1.93. The van der Waals surface area contributed by atoms with E-state index < -0.39 is 11.9 Å². The lowest BCUT2D eigenvalue weighted by molar-refractivity contribution is -0.133. The summed E-state index contributed by atoms with van der Waals surface area (Å²) in [7, 11) is 2.34. The maximum absolute atomic E-state index is 10.3. The van der Waals surface area contributed by atoms with Gasteiger partial charge in [-0.3, -0.25) is 0 Å². The van der Waals surface area contributed by atoms with Crippen molar-refractivity contribution in [3.63, 3.8) is 0 Å². The Bertz CT molecular complexity index is 264. The molecule has 14 heavy (non-hydrogen) atoms. The highest BCUT2D eigenvalue weighted by Gasteiger charge is 2.00. The van der Waals surface area contributed by atoms with Gasteiger partial charge >= 0.3 is 11.9 Å². The van der Waals surface area contributed by atoms with Crippen LogP contribution in [0.4, 0.5) is 0 Å². The van der Waals surface area contributed by atoms with E-state index in [2.05, 4.69) is 0 Å². The molecular weight excluding hydrogens is 224 g/mol. The Hall–Kier alpha value is -0.880. The van der Waals surface area contributed by atoms with Gasteiger partial charge in [0.05, 0.1) is 0 Å². The second-order valence-corrected chi connectivity index (χ2v) is 4.42. The first-order chi connectivity index (χ1) is 6.45. The van der Waals surface area contributed by atoms with Crippen LogP contribution < -0.4 is 0 Å². The molecule has 0 fully saturated rings. The van der Waals surface area contributed by atoms with E-state index in [0.29, 0.717) is 0 Å². The van der Waals surface area contributed by atoms with Crippen LogP contribution in [0.1, 0.15) is 13.8 Å². The smallest absolute Gasteiger partial charge is 0.331 e. The Morgan fingerprint density at radius 2 is 1.21 bits per heavy atom. The molecule has 0 rings (SSSR count). The Labute approximate surface area is 89.5 Å². The van der Waals surface area contributed by atoms with Gasteiger partial charge in [0.1, 0.15) is 0 Å². The van der Waals surface area contributed by atoms with E-state index in [-0.39, 0.29) is 11.1 Å². The molecule has 6 heteroatoms. The van der Waals surface area contributed by atoms with Crippen LogP contribution in [0.15, 0.2) is 22.0 Å². The van der Waals surface area contributed by atoms with Crippen molar-refractivity contribution in [2.75, 3.05) is 0 Å². The fraction of sp³-hybridized carbons (Fsp3) is 0.250. The summed E-state index contributed by atoms with van der Waals surface area (Å²) in [4.78, 5) is 20.7. The minimum Gasteiger partial charge on any atom is -0.478 e. The highest BCUT2D eigenvalue weighted by atomic mass is 33.1. The normalized spacial score (nSPS) is 12.7. The molecule has 0 radical (unpaired) electrons. The van der Waals surface area contributed by atoms with Gasteiger partial charge < -0.3 is 10.2 Å². The van der Waals surface area contributed by atoms with Crippen molar-refractivity contribution in [2.45, 2.75) is 13.8 Å². The van der Waals surface area contributed by atoms with Crippen molar-refractivity contribution in [1.29, 1.82) is 0 Å². The zero-order valence-electron chi connectivity index (χ0n) is 7.68. The number of carbonyl (C=O) groups is 2. The standard InChI is InChI=1S/C8H10O4S2/c1-5(7(9)10)3-13-14-4-6(2)8(11)12/h3-4H,1-2H3,(H,9,10)(H,11,12). The third-order valence-corrected chi connectivity index (χ3v) is 3.10. The molecule has 78 valence electrons. The van der Waals surface area contributed by atoms with Crippen LogP contribution in [0.3, 0.4) is 0 Å². The Morgan fingerprint density at radius 3 is 1.43 bits per heavy atom. The van der Waals surface area contributed by atoms with Crippen LogP contribution >= 0.6 is 21.6 Å². The highest BCUT2D eigenvalue weighted by molar-refractivity contribution is 8.79. The van der Waals surface area contributed by atoms with E-state index in [1.165, 1.54) is 46.3 Å². The van der Waals surface area contributed by atoms with Crippen LogP contribution in [0, 0.1) is 0 Å². The van der Waals surface area contributed by atoms with Gasteiger partial charge in [0, 0.05) is 11.1 Å². The summed E-state index contributed by atoms with van der Waals surface area (Å²) in [5, 5.41) is 19.9. The predicted octanol–water partition coefficient (Wildman–Crippen LogP) is 2.34. The van der Waals surface area contributed by atoms with Gasteiger partial charge in [-0.05, 0) is 24.7 Å². The molecule has 0 aliphatic rings. The summed E-state index contributed by atoms with van der Waals surface area (Å²) in [6.07, 6.45) is 0. The SMILES string of the molecule is CC(=CSSC=C(C)C(=O)O)C(=O)O. The van der Waals surface area contributed by atoms with Crippen molar-refractivity contribution in [3.8, 4) is 0 Å². The monoisotopic (exact) mass is 234 g/mol. The number of hydrogen-bond acceptors (Lipinski definition) is 4. The van der Waals surface area contributed by atoms with E-state index in [1.807, 2.05) is 0 Å². The van der Waals surface area contributed by atoms with Crippen molar-refractivity contribution < 1.29 is 19.8 Å². The lowest BCUT2D eigenvalue weighted by Crippen LogP contribution is -1.94. The second kappa shape index (κ2) is 6.56. The summed E-state index contributed by atoms with van der Waals surface area (Å²) in [6.45, 7) is 2.95. The molecule has 0 saturated heterocycles. The summed E-state index contributed by atoms with van der Waals surface area (Å²) in [5.41, 5.74) is 0.452. The summed E-state index contributed by atoms with van der Waals surface area (Å²) >= 11 is 0. The van der Waals surface area contributed by atoms with Crippen molar-refractivity contribution in [3.05, 3.63) is 22.0 Å². The molecule has 0 bridgehead atoms. The maximum Gasteiger partial charge on any atom is 0.331 e. The first-order valence-electron chi connectivity index (χ1n) is 3.57. The fourth-order valence-corrected chi connectivity index (χ4v) is 2.10. The van der Waals surface area contributed by atoms with Crippen molar-refractivity contribution in [2.24, 2.45) is 0 Å². The molecule has 0 spiro atoms. The quantitative estimate of drug-likeness (QED) is 0.432. The van der Waals surface area contributed by atoms with E-state index >= 15 is 0 Å². The Balaban J connectivity index is 3.98. The highest BCUT2D eigenvalue weighted by Crippen LogP contribution is 2.26. The third-order valence-electron chi connectivity index (χ3n) is 1.18. The molecule has 0 aliphatic carbocycles. The van der Waals surface area contributed by atoms with Gasteiger partial charge in [-0.1, -0.05) is 21.6 Å². The molecular formula is C8H10O4S2. The van der Waals surface area contributed by atoms with Crippen LogP contribution in [0.5, 0.6) is 0 Å². The van der Waals surface area contributed by atoms with Gasteiger partial charge in [0.2, 0.25) is 0 Å². The third kappa shape index (κ3) is 5.71. The van der Waals surface area contributed by atoms with Gasteiger partial charge in [-0.2, -0.15) is 0 Å². The molecule has 0 saturated carbocycles. The molecule has 0 aliphatic heterocycles. The van der Waals surface area contributed by atoms with Gasteiger partial charge in [-0.15, -0.1) is 0 Å². The summed E-state index contributed by atoms with van der Waals surface area (Å²) in [5.74, 6) is -1.95. The van der Waals surface area contributed by atoms with Gasteiger partial charge in [0.25, 0.3) is 0 Å². The number of rotatable bonds is 5. The number of aliphatic carboxylic acids is 2. The summed E-state index contributed by atoms with van der Waals surface area (Å²) < 4.78 is 0. The Morgan fingerprint density at radius 1 is 0.929 bits per heavy atom. The molecule has 0 aromatic heterocycles. The minimum absolute atomic E-state index is 0.226.